The van der Waals surface area contributed by atoms with E-state index in [2.05, 4.69) is 6.07 Å². The molecule has 0 unspecified atom stereocenters. The Morgan fingerprint density at radius 3 is 2.46 bits per heavy atom. The van der Waals surface area contributed by atoms with Crippen LogP contribution in [0.15, 0.2) is 71.5 Å². The molecule has 0 saturated carbocycles. The summed E-state index contributed by atoms with van der Waals surface area (Å²) in [5.74, 6) is 0.883. The van der Waals surface area contributed by atoms with Gasteiger partial charge < -0.3 is 4.74 Å². The SMILES string of the molecule is CCCc1nc(C)n(-c2ccc(OC(C)C)cc2)c(=O)c1Cc1ccc(-c2ccccc2C#N)cc1F. The van der Waals surface area contributed by atoms with Crippen molar-refractivity contribution in [2.45, 2.75) is 53.1 Å². The molecule has 1 heterocycles. The molecule has 0 N–H and O–H groups in total. The van der Waals surface area contributed by atoms with E-state index in [1.54, 1.807) is 34.9 Å². The molecule has 0 fully saturated rings. The maximum absolute atomic E-state index is 15.3. The van der Waals surface area contributed by atoms with Gasteiger partial charge in [-0.1, -0.05) is 43.7 Å². The molecule has 4 aromatic rings. The van der Waals surface area contributed by atoms with Gasteiger partial charge in [-0.15, -0.1) is 0 Å². The summed E-state index contributed by atoms with van der Waals surface area (Å²) in [4.78, 5) is 18.5. The number of nitrogens with zero attached hydrogens (tertiary/aromatic N) is 3. The van der Waals surface area contributed by atoms with Crippen molar-refractivity contribution in [1.29, 1.82) is 5.26 Å². The summed E-state index contributed by atoms with van der Waals surface area (Å²) >= 11 is 0. The van der Waals surface area contributed by atoms with Crippen LogP contribution in [0.25, 0.3) is 16.8 Å². The third-order valence-corrected chi connectivity index (χ3v) is 6.16. The summed E-state index contributed by atoms with van der Waals surface area (Å²) in [7, 11) is 0. The Hall–Kier alpha value is -4.24. The Morgan fingerprint density at radius 1 is 1.08 bits per heavy atom. The number of aromatic nitrogens is 2. The van der Waals surface area contributed by atoms with Crippen LogP contribution >= 0.6 is 0 Å². The maximum atomic E-state index is 15.3. The molecule has 0 saturated heterocycles. The van der Waals surface area contributed by atoms with Crippen molar-refractivity contribution in [1.82, 2.24) is 9.55 Å². The molecule has 0 spiro atoms. The molecule has 0 bridgehead atoms. The van der Waals surface area contributed by atoms with E-state index in [0.717, 1.165) is 12.2 Å². The average Bonchev–Trinajstić information content (AvgIpc) is 2.88. The number of aryl methyl sites for hydroxylation is 2. The first kappa shape index (κ1) is 25.8. The van der Waals surface area contributed by atoms with Gasteiger partial charge in [0.2, 0.25) is 0 Å². The summed E-state index contributed by atoms with van der Waals surface area (Å²) in [6.45, 7) is 7.75. The van der Waals surface area contributed by atoms with Gasteiger partial charge in [-0.3, -0.25) is 9.36 Å². The van der Waals surface area contributed by atoms with Crippen LogP contribution in [0.4, 0.5) is 4.39 Å². The molecule has 4 rings (SSSR count). The highest BCUT2D eigenvalue weighted by molar-refractivity contribution is 5.70. The second-order valence-electron chi connectivity index (χ2n) is 9.28. The number of hydrogen-bond acceptors (Lipinski definition) is 4. The first-order valence-electron chi connectivity index (χ1n) is 12.5. The number of halogens is 1. The highest BCUT2D eigenvalue weighted by atomic mass is 19.1. The molecule has 0 amide bonds. The fraction of sp³-hybridized carbons (Fsp3) is 0.258. The zero-order valence-corrected chi connectivity index (χ0v) is 21.6. The number of rotatable bonds is 8. The standard InChI is InChI=1S/C31H30FN3O2/c1-5-8-30-28(17-23-12-11-22(18-29(23)32)27-10-7-6-9-24(27)19-33)31(36)35(21(4)34-30)25-13-15-26(16-14-25)37-20(2)3/h6-7,9-16,18,20H,5,8,17H2,1-4H3. The lowest BCUT2D eigenvalue weighted by atomic mass is 9.96. The van der Waals surface area contributed by atoms with Crippen LogP contribution in [-0.4, -0.2) is 15.7 Å². The Labute approximate surface area is 216 Å². The van der Waals surface area contributed by atoms with Gasteiger partial charge in [0.25, 0.3) is 5.56 Å². The van der Waals surface area contributed by atoms with Crippen molar-refractivity contribution < 1.29 is 9.13 Å². The fourth-order valence-electron chi connectivity index (χ4n) is 4.47. The van der Waals surface area contributed by atoms with Crippen LogP contribution in [0.5, 0.6) is 5.75 Å². The number of ether oxygens (including phenoxy) is 1. The fourth-order valence-corrected chi connectivity index (χ4v) is 4.47. The van der Waals surface area contributed by atoms with Crippen molar-refractivity contribution >= 4 is 0 Å². The lowest BCUT2D eigenvalue weighted by molar-refractivity contribution is 0.242. The van der Waals surface area contributed by atoms with Gasteiger partial charge in [0.15, 0.2) is 0 Å². The van der Waals surface area contributed by atoms with Crippen LogP contribution in [0, 0.1) is 24.1 Å². The van der Waals surface area contributed by atoms with E-state index < -0.39 is 5.82 Å². The van der Waals surface area contributed by atoms with E-state index in [4.69, 9.17) is 9.72 Å². The molecule has 0 aliphatic rings. The van der Waals surface area contributed by atoms with Crippen molar-refractivity contribution in [2.24, 2.45) is 0 Å². The lowest BCUT2D eigenvalue weighted by Gasteiger charge is -2.17. The van der Waals surface area contributed by atoms with Crippen molar-refractivity contribution in [3.63, 3.8) is 0 Å². The highest BCUT2D eigenvalue weighted by Crippen LogP contribution is 2.26. The number of benzene rings is 3. The third kappa shape index (κ3) is 5.62. The quantitative estimate of drug-likeness (QED) is 0.278. The summed E-state index contributed by atoms with van der Waals surface area (Å²) in [6.07, 6.45) is 1.62. The van der Waals surface area contributed by atoms with Crippen molar-refractivity contribution in [3.05, 3.63) is 111 Å². The Kier molecular flexibility index (Phi) is 7.83. The lowest BCUT2D eigenvalue weighted by Crippen LogP contribution is -2.28. The number of hydrogen-bond donors (Lipinski definition) is 0. The van der Waals surface area contributed by atoms with Gasteiger partial charge in [0, 0.05) is 12.0 Å². The molecular formula is C31H30FN3O2. The molecular weight excluding hydrogens is 465 g/mol. The van der Waals surface area contributed by atoms with E-state index in [1.165, 1.54) is 6.07 Å². The molecule has 6 heteroatoms. The zero-order valence-electron chi connectivity index (χ0n) is 21.6. The van der Waals surface area contributed by atoms with E-state index in [9.17, 15) is 10.1 Å². The smallest absolute Gasteiger partial charge is 0.261 e. The molecule has 0 aliphatic carbocycles. The number of nitriles is 1. The van der Waals surface area contributed by atoms with Gasteiger partial charge >= 0.3 is 0 Å². The van der Waals surface area contributed by atoms with Crippen LogP contribution in [0.3, 0.4) is 0 Å². The van der Waals surface area contributed by atoms with Crippen LogP contribution < -0.4 is 10.3 Å². The largest absolute Gasteiger partial charge is 0.491 e. The molecule has 37 heavy (non-hydrogen) atoms. The van der Waals surface area contributed by atoms with Gasteiger partial charge in [-0.25, -0.2) is 9.37 Å². The Balaban J connectivity index is 1.75. The first-order chi connectivity index (χ1) is 17.8. The molecule has 1 aromatic heterocycles. The summed E-state index contributed by atoms with van der Waals surface area (Å²) < 4.78 is 22.6. The summed E-state index contributed by atoms with van der Waals surface area (Å²) in [5, 5.41) is 9.41. The predicted octanol–water partition coefficient (Wildman–Crippen LogP) is 6.55. The molecule has 0 aliphatic heterocycles. The molecule has 0 radical (unpaired) electrons. The zero-order chi connectivity index (χ0) is 26.5. The highest BCUT2D eigenvalue weighted by Gasteiger charge is 2.18. The molecule has 5 nitrogen and oxygen atoms in total. The van der Waals surface area contributed by atoms with E-state index in [-0.39, 0.29) is 18.1 Å². The molecule has 188 valence electrons. The Bertz CT molecular complexity index is 1520. The molecule has 0 atom stereocenters. The maximum Gasteiger partial charge on any atom is 0.261 e. The predicted molar refractivity (Wildman–Crippen MR) is 144 cm³/mol. The van der Waals surface area contributed by atoms with Crippen LogP contribution in [-0.2, 0) is 12.8 Å². The van der Waals surface area contributed by atoms with Crippen molar-refractivity contribution in [3.8, 4) is 28.6 Å². The van der Waals surface area contributed by atoms with Crippen LogP contribution in [0.1, 0.15) is 55.4 Å². The second-order valence-corrected chi connectivity index (χ2v) is 9.28. The van der Waals surface area contributed by atoms with Gasteiger partial charge in [0.05, 0.1) is 29.1 Å². The normalized spacial score (nSPS) is 10.9. The minimum Gasteiger partial charge on any atom is -0.491 e. The van der Waals surface area contributed by atoms with E-state index in [1.807, 2.05) is 58.0 Å². The minimum absolute atomic E-state index is 0.0478. The minimum atomic E-state index is -0.422. The topological polar surface area (TPSA) is 67.9 Å². The van der Waals surface area contributed by atoms with Gasteiger partial charge in [-0.05, 0) is 80.3 Å². The second kappa shape index (κ2) is 11.2. The first-order valence-corrected chi connectivity index (χ1v) is 12.5. The van der Waals surface area contributed by atoms with Crippen molar-refractivity contribution in [2.75, 3.05) is 0 Å². The van der Waals surface area contributed by atoms with E-state index in [0.29, 0.717) is 51.4 Å². The van der Waals surface area contributed by atoms with Gasteiger partial charge in [0.1, 0.15) is 17.4 Å². The van der Waals surface area contributed by atoms with E-state index >= 15 is 4.39 Å². The summed E-state index contributed by atoms with van der Waals surface area (Å²) in [6, 6.07) is 21.5. The third-order valence-electron chi connectivity index (χ3n) is 6.16. The monoisotopic (exact) mass is 495 g/mol. The van der Waals surface area contributed by atoms with Crippen LogP contribution in [0.2, 0.25) is 0 Å². The van der Waals surface area contributed by atoms with Gasteiger partial charge in [-0.2, -0.15) is 5.26 Å². The average molecular weight is 496 g/mol. The molecule has 3 aromatic carbocycles. The summed E-state index contributed by atoms with van der Waals surface area (Å²) in [5.41, 5.74) is 3.84. The Morgan fingerprint density at radius 2 is 1.81 bits per heavy atom.